The zero-order chi connectivity index (χ0) is 10.4. The standard InChI is InChI=1S/C13H22N/c1-4-5-6-7-9-14-10-8-12(2)13(3)11-14/h8,10-11H,4-7,9H2,1-3H3/q+1. The molecule has 78 valence electrons. The monoisotopic (exact) mass is 192 g/mol. The summed E-state index contributed by atoms with van der Waals surface area (Å²) >= 11 is 0. The van der Waals surface area contributed by atoms with Gasteiger partial charge >= 0.3 is 0 Å². The summed E-state index contributed by atoms with van der Waals surface area (Å²) in [6, 6.07) is 2.20. The van der Waals surface area contributed by atoms with Gasteiger partial charge in [0.25, 0.3) is 0 Å². The van der Waals surface area contributed by atoms with Gasteiger partial charge in [0.05, 0.1) is 0 Å². The van der Waals surface area contributed by atoms with E-state index in [9.17, 15) is 0 Å². The van der Waals surface area contributed by atoms with E-state index in [-0.39, 0.29) is 0 Å². The average molecular weight is 192 g/mol. The second kappa shape index (κ2) is 5.79. The van der Waals surface area contributed by atoms with E-state index >= 15 is 0 Å². The van der Waals surface area contributed by atoms with E-state index in [0.717, 1.165) is 0 Å². The summed E-state index contributed by atoms with van der Waals surface area (Å²) in [5, 5.41) is 0. The van der Waals surface area contributed by atoms with E-state index in [0.29, 0.717) is 0 Å². The van der Waals surface area contributed by atoms with Gasteiger partial charge in [0.2, 0.25) is 0 Å². The van der Waals surface area contributed by atoms with Crippen molar-refractivity contribution in [2.45, 2.75) is 53.0 Å². The first-order valence-corrected chi connectivity index (χ1v) is 5.70. The minimum atomic E-state index is 1.17. The molecule has 0 aliphatic heterocycles. The van der Waals surface area contributed by atoms with Crippen molar-refractivity contribution >= 4 is 0 Å². The van der Waals surface area contributed by atoms with Crippen molar-refractivity contribution < 1.29 is 4.57 Å². The lowest BCUT2D eigenvalue weighted by molar-refractivity contribution is -0.697. The summed E-state index contributed by atoms with van der Waals surface area (Å²) in [4.78, 5) is 0. The van der Waals surface area contributed by atoms with Crippen molar-refractivity contribution in [2.75, 3.05) is 0 Å². The Morgan fingerprint density at radius 2 is 1.86 bits per heavy atom. The van der Waals surface area contributed by atoms with Crippen LogP contribution in [-0.2, 0) is 6.54 Å². The van der Waals surface area contributed by atoms with Gasteiger partial charge in [-0.25, -0.2) is 4.57 Å². The first kappa shape index (κ1) is 11.2. The highest BCUT2D eigenvalue weighted by Crippen LogP contribution is 2.02. The Balaban J connectivity index is 2.39. The molecule has 0 atom stereocenters. The van der Waals surface area contributed by atoms with Crippen LogP contribution in [0.2, 0.25) is 0 Å². The summed E-state index contributed by atoms with van der Waals surface area (Å²) < 4.78 is 2.30. The second-order valence-electron chi connectivity index (χ2n) is 4.11. The van der Waals surface area contributed by atoms with Crippen LogP contribution in [0, 0.1) is 13.8 Å². The predicted molar refractivity (Wildman–Crippen MR) is 60.3 cm³/mol. The largest absolute Gasteiger partial charge is 0.205 e. The Kier molecular flexibility index (Phi) is 4.64. The molecule has 0 radical (unpaired) electrons. The van der Waals surface area contributed by atoms with E-state index in [2.05, 4.69) is 43.8 Å². The third-order valence-electron chi connectivity index (χ3n) is 2.77. The predicted octanol–water partition coefficient (Wildman–Crippen LogP) is 3.17. The number of rotatable bonds is 5. The quantitative estimate of drug-likeness (QED) is 0.498. The lowest BCUT2D eigenvalue weighted by Crippen LogP contribution is -2.33. The molecule has 1 heteroatoms. The smallest absolute Gasteiger partial charge is 0.171 e. The van der Waals surface area contributed by atoms with Crippen LogP contribution in [0.15, 0.2) is 18.5 Å². The molecule has 0 fully saturated rings. The molecule has 0 saturated carbocycles. The summed E-state index contributed by atoms with van der Waals surface area (Å²) in [5.41, 5.74) is 2.78. The van der Waals surface area contributed by atoms with Crippen molar-refractivity contribution in [2.24, 2.45) is 0 Å². The second-order valence-corrected chi connectivity index (χ2v) is 4.11. The van der Waals surface area contributed by atoms with Gasteiger partial charge in [-0.2, -0.15) is 0 Å². The molecule has 0 aromatic carbocycles. The highest BCUT2D eigenvalue weighted by atomic mass is 14.9. The van der Waals surface area contributed by atoms with Gasteiger partial charge < -0.3 is 0 Å². The Morgan fingerprint density at radius 3 is 2.50 bits per heavy atom. The number of aryl methyl sites for hydroxylation is 3. The molecule has 0 aliphatic carbocycles. The minimum absolute atomic E-state index is 1.17. The zero-order valence-electron chi connectivity index (χ0n) is 9.71. The minimum Gasteiger partial charge on any atom is -0.205 e. The molecule has 1 rings (SSSR count). The van der Waals surface area contributed by atoms with Crippen molar-refractivity contribution in [1.29, 1.82) is 0 Å². The van der Waals surface area contributed by atoms with Gasteiger partial charge in [-0.1, -0.05) is 19.8 Å². The van der Waals surface area contributed by atoms with Crippen LogP contribution in [0.4, 0.5) is 0 Å². The number of nitrogens with zero attached hydrogens (tertiary/aromatic N) is 1. The normalized spacial score (nSPS) is 10.5. The SMILES string of the molecule is CCCCCC[n+]1ccc(C)c(C)c1. The van der Waals surface area contributed by atoms with E-state index in [4.69, 9.17) is 0 Å². The van der Waals surface area contributed by atoms with Gasteiger partial charge in [-0.15, -0.1) is 0 Å². The van der Waals surface area contributed by atoms with Crippen LogP contribution in [-0.4, -0.2) is 0 Å². The Morgan fingerprint density at radius 1 is 1.07 bits per heavy atom. The van der Waals surface area contributed by atoms with Crippen LogP contribution >= 0.6 is 0 Å². The highest BCUT2D eigenvalue weighted by molar-refractivity contribution is 5.16. The first-order chi connectivity index (χ1) is 6.74. The lowest BCUT2D eigenvalue weighted by atomic mass is 10.2. The van der Waals surface area contributed by atoms with Gasteiger partial charge in [-0.3, -0.25) is 0 Å². The van der Waals surface area contributed by atoms with Crippen molar-refractivity contribution in [3.63, 3.8) is 0 Å². The molecule has 0 saturated heterocycles. The molecule has 14 heavy (non-hydrogen) atoms. The van der Waals surface area contributed by atoms with Crippen LogP contribution in [0.25, 0.3) is 0 Å². The molecule has 1 heterocycles. The molecule has 1 aromatic rings. The van der Waals surface area contributed by atoms with Crippen LogP contribution < -0.4 is 4.57 Å². The molecule has 0 unspecified atom stereocenters. The molecule has 0 spiro atoms. The molecule has 0 N–H and O–H groups in total. The molecule has 0 aliphatic rings. The third kappa shape index (κ3) is 3.49. The number of hydrogen-bond donors (Lipinski definition) is 0. The van der Waals surface area contributed by atoms with Crippen molar-refractivity contribution in [1.82, 2.24) is 0 Å². The maximum atomic E-state index is 2.30. The van der Waals surface area contributed by atoms with Gasteiger partial charge in [-0.05, 0) is 25.8 Å². The maximum Gasteiger partial charge on any atom is 0.171 e. The fourth-order valence-electron chi connectivity index (χ4n) is 1.59. The van der Waals surface area contributed by atoms with Gasteiger partial charge in [0, 0.05) is 18.1 Å². The van der Waals surface area contributed by atoms with Gasteiger partial charge in [0.1, 0.15) is 6.54 Å². The van der Waals surface area contributed by atoms with Crippen LogP contribution in [0.1, 0.15) is 43.7 Å². The van der Waals surface area contributed by atoms with E-state index < -0.39 is 0 Å². The van der Waals surface area contributed by atoms with Crippen LogP contribution in [0.3, 0.4) is 0 Å². The highest BCUT2D eigenvalue weighted by Gasteiger charge is 2.01. The van der Waals surface area contributed by atoms with E-state index in [1.165, 1.54) is 43.4 Å². The van der Waals surface area contributed by atoms with E-state index in [1.807, 2.05) is 0 Å². The van der Waals surface area contributed by atoms with Gasteiger partial charge in [0.15, 0.2) is 12.4 Å². The summed E-state index contributed by atoms with van der Waals surface area (Å²) in [6.07, 6.45) is 9.79. The lowest BCUT2D eigenvalue weighted by Gasteiger charge is -2.00. The van der Waals surface area contributed by atoms with E-state index in [1.54, 1.807) is 0 Å². The molecular weight excluding hydrogens is 170 g/mol. The number of aromatic nitrogens is 1. The molecule has 0 amide bonds. The molecule has 1 aromatic heterocycles. The maximum absolute atomic E-state index is 2.30. The number of unbranched alkanes of at least 4 members (excludes halogenated alkanes) is 3. The fourth-order valence-corrected chi connectivity index (χ4v) is 1.59. The van der Waals surface area contributed by atoms with Crippen molar-refractivity contribution in [3.8, 4) is 0 Å². The van der Waals surface area contributed by atoms with Crippen molar-refractivity contribution in [3.05, 3.63) is 29.6 Å². The third-order valence-corrected chi connectivity index (χ3v) is 2.77. The van der Waals surface area contributed by atoms with Crippen LogP contribution in [0.5, 0.6) is 0 Å². The zero-order valence-corrected chi connectivity index (χ0v) is 9.71. The first-order valence-electron chi connectivity index (χ1n) is 5.70. The molecular formula is C13H22N+. The molecule has 0 bridgehead atoms. The Bertz CT molecular complexity index is 279. The topological polar surface area (TPSA) is 3.88 Å². The summed E-state index contributed by atoms with van der Waals surface area (Å²) in [5.74, 6) is 0. The Labute approximate surface area is 87.8 Å². The summed E-state index contributed by atoms with van der Waals surface area (Å²) in [6.45, 7) is 7.76. The number of pyridine rings is 1. The Hall–Kier alpha value is -0.850. The average Bonchev–Trinajstić information content (AvgIpc) is 2.18. The fraction of sp³-hybridized carbons (Fsp3) is 0.615. The molecule has 1 nitrogen and oxygen atoms in total. The number of hydrogen-bond acceptors (Lipinski definition) is 0. The summed E-state index contributed by atoms with van der Waals surface area (Å²) in [7, 11) is 0.